The Morgan fingerprint density at radius 1 is 1.07 bits per heavy atom. The van der Waals surface area contributed by atoms with Gasteiger partial charge in [0, 0.05) is 18.7 Å². The van der Waals surface area contributed by atoms with Crippen molar-refractivity contribution in [2.45, 2.75) is 27.7 Å². The molecule has 0 fully saturated rings. The van der Waals surface area contributed by atoms with Crippen molar-refractivity contribution < 1.29 is 9.53 Å². The fourth-order valence-electron chi connectivity index (χ4n) is 3.29. The maximum Gasteiger partial charge on any atom is 0.260 e. The van der Waals surface area contributed by atoms with Crippen LogP contribution in [0.4, 0.5) is 5.13 Å². The van der Waals surface area contributed by atoms with Gasteiger partial charge in [-0.05, 0) is 62.3 Å². The van der Waals surface area contributed by atoms with E-state index in [2.05, 4.69) is 25.7 Å². The maximum atomic E-state index is 13.5. The van der Waals surface area contributed by atoms with Crippen molar-refractivity contribution in [3.05, 3.63) is 53.1 Å². The van der Waals surface area contributed by atoms with Crippen molar-refractivity contribution in [3.63, 3.8) is 0 Å². The van der Waals surface area contributed by atoms with Crippen LogP contribution in [0.2, 0.25) is 0 Å². The van der Waals surface area contributed by atoms with Crippen molar-refractivity contribution in [1.82, 2.24) is 9.88 Å². The Hall–Kier alpha value is -2.15. The highest BCUT2D eigenvalue weighted by Gasteiger charge is 2.23. The molecule has 0 aliphatic rings. The van der Waals surface area contributed by atoms with Crippen LogP contribution in [0.15, 0.2) is 36.4 Å². The van der Waals surface area contributed by atoms with Crippen molar-refractivity contribution in [2.75, 3.05) is 38.2 Å². The minimum atomic E-state index is -0.0155. The van der Waals surface area contributed by atoms with E-state index < -0.39 is 0 Å². The second-order valence-electron chi connectivity index (χ2n) is 7.09. The molecular formula is C23H30ClN3O2S. The number of benzene rings is 2. The predicted octanol–water partition coefficient (Wildman–Crippen LogP) is 5.33. The summed E-state index contributed by atoms with van der Waals surface area (Å²) in [6.45, 7) is 11.7. The summed E-state index contributed by atoms with van der Waals surface area (Å²) >= 11 is 1.53. The molecule has 2 aromatic carbocycles. The Morgan fingerprint density at radius 3 is 2.43 bits per heavy atom. The van der Waals surface area contributed by atoms with E-state index in [-0.39, 0.29) is 18.3 Å². The molecule has 0 bridgehead atoms. The number of thiazole rings is 1. The van der Waals surface area contributed by atoms with Crippen LogP contribution in [0.3, 0.4) is 0 Å². The summed E-state index contributed by atoms with van der Waals surface area (Å²) in [5.41, 5.74) is 3.79. The fraction of sp³-hybridized carbons (Fsp3) is 0.391. The molecule has 0 aliphatic heterocycles. The SMILES string of the molecule is CCN(CC)CCN(C(=O)c1ccc(C)c(C)c1)c1nc2c(OC)cccc2s1.Cl. The topological polar surface area (TPSA) is 45.7 Å². The zero-order chi connectivity index (χ0) is 21.0. The van der Waals surface area contributed by atoms with E-state index >= 15 is 0 Å². The number of fused-ring (bicyclic) bond motifs is 1. The number of carbonyl (C=O) groups excluding carboxylic acids is 1. The van der Waals surface area contributed by atoms with Gasteiger partial charge in [-0.15, -0.1) is 12.4 Å². The summed E-state index contributed by atoms with van der Waals surface area (Å²) in [7, 11) is 1.65. The second kappa shape index (κ2) is 10.8. The first-order valence-corrected chi connectivity index (χ1v) is 10.8. The molecule has 0 atom stereocenters. The molecule has 30 heavy (non-hydrogen) atoms. The smallest absolute Gasteiger partial charge is 0.260 e. The van der Waals surface area contributed by atoms with Gasteiger partial charge in [0.1, 0.15) is 11.3 Å². The van der Waals surface area contributed by atoms with Crippen LogP contribution in [0, 0.1) is 13.8 Å². The monoisotopic (exact) mass is 447 g/mol. The Balaban J connectivity index is 0.00000320. The molecule has 0 radical (unpaired) electrons. The summed E-state index contributed by atoms with van der Waals surface area (Å²) < 4.78 is 6.47. The first-order chi connectivity index (χ1) is 14.0. The fourth-order valence-corrected chi connectivity index (χ4v) is 4.29. The predicted molar refractivity (Wildman–Crippen MR) is 129 cm³/mol. The van der Waals surface area contributed by atoms with E-state index in [0.717, 1.165) is 41.2 Å². The standard InChI is InChI=1S/C23H29N3O2S.ClH/c1-6-25(7-2)13-14-26(22(27)18-12-11-16(3)17(4)15-18)23-24-21-19(28-5)9-8-10-20(21)29-23;/h8-12,15H,6-7,13-14H2,1-5H3;1H. The number of rotatable bonds is 8. The number of halogens is 1. The van der Waals surface area contributed by atoms with Gasteiger partial charge in [0.15, 0.2) is 5.13 Å². The van der Waals surface area contributed by atoms with Gasteiger partial charge in [-0.2, -0.15) is 0 Å². The van der Waals surface area contributed by atoms with Crippen LogP contribution in [-0.2, 0) is 0 Å². The number of carbonyl (C=O) groups is 1. The van der Waals surface area contributed by atoms with Crippen LogP contribution in [0.1, 0.15) is 35.3 Å². The number of likely N-dealkylation sites (N-methyl/N-ethyl adjacent to an activating group) is 1. The number of hydrogen-bond acceptors (Lipinski definition) is 5. The lowest BCUT2D eigenvalue weighted by molar-refractivity contribution is 0.0983. The van der Waals surface area contributed by atoms with E-state index in [4.69, 9.17) is 9.72 Å². The molecule has 0 N–H and O–H groups in total. The van der Waals surface area contributed by atoms with Gasteiger partial charge < -0.3 is 9.64 Å². The lowest BCUT2D eigenvalue weighted by Gasteiger charge is -2.25. The van der Waals surface area contributed by atoms with Gasteiger partial charge in [0.05, 0.1) is 11.8 Å². The van der Waals surface area contributed by atoms with Crippen LogP contribution >= 0.6 is 23.7 Å². The van der Waals surface area contributed by atoms with E-state index in [1.54, 1.807) is 7.11 Å². The van der Waals surface area contributed by atoms with Gasteiger partial charge in [0.2, 0.25) is 0 Å². The van der Waals surface area contributed by atoms with E-state index in [9.17, 15) is 4.79 Å². The number of amides is 1. The normalized spacial score (nSPS) is 10.9. The third-order valence-corrected chi connectivity index (χ3v) is 6.40. The van der Waals surface area contributed by atoms with Crippen molar-refractivity contribution >= 4 is 45.0 Å². The lowest BCUT2D eigenvalue weighted by Crippen LogP contribution is -2.38. The number of para-hydroxylation sites is 1. The quantitative estimate of drug-likeness (QED) is 0.468. The molecule has 0 saturated heterocycles. The van der Waals surface area contributed by atoms with Gasteiger partial charge in [-0.1, -0.05) is 37.3 Å². The summed E-state index contributed by atoms with van der Waals surface area (Å²) in [5.74, 6) is 0.714. The number of nitrogens with zero attached hydrogens (tertiary/aromatic N) is 3. The Labute approximate surface area is 189 Å². The minimum absolute atomic E-state index is 0. The van der Waals surface area contributed by atoms with E-state index in [0.29, 0.717) is 17.2 Å². The first kappa shape index (κ1) is 24.1. The number of hydrogen-bond donors (Lipinski definition) is 0. The molecule has 1 heterocycles. The third-order valence-electron chi connectivity index (χ3n) is 5.35. The Morgan fingerprint density at radius 2 is 1.80 bits per heavy atom. The zero-order valence-corrected chi connectivity index (χ0v) is 19.9. The molecule has 1 amide bonds. The van der Waals surface area contributed by atoms with Crippen LogP contribution in [-0.4, -0.2) is 49.1 Å². The van der Waals surface area contributed by atoms with Gasteiger partial charge in [0.25, 0.3) is 5.91 Å². The molecule has 0 unspecified atom stereocenters. The highest BCUT2D eigenvalue weighted by molar-refractivity contribution is 7.22. The molecule has 0 aliphatic carbocycles. The van der Waals surface area contributed by atoms with E-state index in [1.165, 1.54) is 16.9 Å². The minimum Gasteiger partial charge on any atom is -0.494 e. The first-order valence-electron chi connectivity index (χ1n) is 10.0. The molecule has 0 saturated carbocycles. The zero-order valence-electron chi connectivity index (χ0n) is 18.3. The van der Waals surface area contributed by atoms with Crippen molar-refractivity contribution in [2.24, 2.45) is 0 Å². The van der Waals surface area contributed by atoms with E-state index in [1.807, 2.05) is 48.2 Å². The molecule has 7 heteroatoms. The van der Waals surface area contributed by atoms with Crippen LogP contribution in [0.25, 0.3) is 10.2 Å². The van der Waals surface area contributed by atoms with Crippen molar-refractivity contribution in [3.8, 4) is 5.75 Å². The molecular weight excluding hydrogens is 418 g/mol. The molecule has 1 aromatic heterocycles. The maximum absolute atomic E-state index is 13.5. The summed E-state index contributed by atoms with van der Waals surface area (Å²) in [5, 5.41) is 0.708. The number of aromatic nitrogens is 1. The van der Waals surface area contributed by atoms with Crippen LogP contribution in [0.5, 0.6) is 5.75 Å². The summed E-state index contributed by atoms with van der Waals surface area (Å²) in [6, 6.07) is 11.7. The molecule has 3 aromatic rings. The second-order valence-corrected chi connectivity index (χ2v) is 8.10. The number of ether oxygens (including phenoxy) is 1. The van der Waals surface area contributed by atoms with Gasteiger partial charge >= 0.3 is 0 Å². The highest BCUT2D eigenvalue weighted by atomic mass is 35.5. The molecule has 3 rings (SSSR count). The average Bonchev–Trinajstić information content (AvgIpc) is 3.16. The molecule has 5 nitrogen and oxygen atoms in total. The average molecular weight is 448 g/mol. The largest absolute Gasteiger partial charge is 0.494 e. The Bertz CT molecular complexity index is 1000. The summed E-state index contributed by atoms with van der Waals surface area (Å²) in [6.07, 6.45) is 0. The Kier molecular flexibility index (Phi) is 8.65. The highest BCUT2D eigenvalue weighted by Crippen LogP contribution is 2.34. The van der Waals surface area contributed by atoms with Crippen molar-refractivity contribution in [1.29, 1.82) is 0 Å². The third kappa shape index (κ3) is 5.12. The van der Waals surface area contributed by atoms with Crippen LogP contribution < -0.4 is 9.64 Å². The van der Waals surface area contributed by atoms with Gasteiger partial charge in [-0.3, -0.25) is 9.69 Å². The number of methoxy groups -OCH3 is 1. The molecule has 162 valence electrons. The lowest BCUT2D eigenvalue weighted by atomic mass is 10.1. The molecule has 0 spiro atoms. The summed E-state index contributed by atoms with van der Waals surface area (Å²) in [4.78, 5) is 22.4. The van der Waals surface area contributed by atoms with Gasteiger partial charge in [-0.25, -0.2) is 4.98 Å². The number of anilines is 1. The number of aryl methyl sites for hydroxylation is 2.